The summed E-state index contributed by atoms with van der Waals surface area (Å²) in [6, 6.07) is 13.3. The van der Waals surface area contributed by atoms with Gasteiger partial charge in [0, 0.05) is 31.5 Å². The van der Waals surface area contributed by atoms with Gasteiger partial charge in [-0.1, -0.05) is 18.2 Å². The molecule has 5 heteroatoms. The van der Waals surface area contributed by atoms with Gasteiger partial charge in [0.15, 0.2) is 0 Å². The van der Waals surface area contributed by atoms with Crippen LogP contribution in [0.15, 0.2) is 47.4 Å². The molecule has 0 amide bonds. The van der Waals surface area contributed by atoms with Crippen molar-refractivity contribution in [3.63, 3.8) is 0 Å². The first-order valence-corrected chi connectivity index (χ1v) is 7.23. The van der Waals surface area contributed by atoms with Crippen LogP contribution in [0.4, 0.5) is 5.69 Å². The summed E-state index contributed by atoms with van der Waals surface area (Å²) >= 11 is 0. The lowest BCUT2D eigenvalue weighted by Crippen LogP contribution is -2.20. The van der Waals surface area contributed by atoms with Gasteiger partial charge in [-0.15, -0.1) is 0 Å². The highest BCUT2D eigenvalue weighted by atomic mass is 16.1. The van der Waals surface area contributed by atoms with Gasteiger partial charge in [0.1, 0.15) is 17.3 Å². The molecule has 0 aliphatic rings. The molecule has 0 saturated heterocycles. The van der Waals surface area contributed by atoms with E-state index < -0.39 is 0 Å². The van der Waals surface area contributed by atoms with Crippen molar-refractivity contribution in [2.45, 2.75) is 6.92 Å². The van der Waals surface area contributed by atoms with E-state index in [-0.39, 0.29) is 11.1 Å². The molecule has 0 radical (unpaired) electrons. The summed E-state index contributed by atoms with van der Waals surface area (Å²) in [5, 5.41) is 9.42. The number of rotatable bonds is 2. The molecule has 0 atom stereocenters. The first-order chi connectivity index (χ1) is 11.0. The number of pyridine rings is 1. The summed E-state index contributed by atoms with van der Waals surface area (Å²) in [4.78, 5) is 19.1. The van der Waals surface area contributed by atoms with E-state index in [4.69, 9.17) is 0 Å². The van der Waals surface area contributed by atoms with Gasteiger partial charge in [-0.3, -0.25) is 9.20 Å². The fourth-order valence-corrected chi connectivity index (χ4v) is 2.53. The summed E-state index contributed by atoms with van der Waals surface area (Å²) in [5.74, 6) is 0. The van der Waals surface area contributed by atoms with Crippen molar-refractivity contribution in [3.8, 4) is 17.3 Å². The van der Waals surface area contributed by atoms with Gasteiger partial charge in [0.2, 0.25) is 0 Å². The fraction of sp³-hybridized carbons (Fsp3) is 0.167. The highest BCUT2D eigenvalue weighted by molar-refractivity contribution is 5.70. The van der Waals surface area contributed by atoms with Gasteiger partial charge >= 0.3 is 0 Å². The Kier molecular flexibility index (Phi) is 3.59. The molecule has 0 bridgehead atoms. The van der Waals surface area contributed by atoms with E-state index in [1.54, 1.807) is 12.3 Å². The number of hydrogen-bond acceptors (Lipinski definition) is 4. The van der Waals surface area contributed by atoms with Crippen molar-refractivity contribution in [1.29, 1.82) is 5.26 Å². The summed E-state index contributed by atoms with van der Waals surface area (Å²) in [7, 11) is 3.92. The molecule has 0 N–H and O–H groups in total. The van der Waals surface area contributed by atoms with E-state index in [2.05, 4.69) is 4.98 Å². The smallest absolute Gasteiger partial charge is 0.276 e. The lowest BCUT2D eigenvalue weighted by molar-refractivity contribution is 1.02. The van der Waals surface area contributed by atoms with Crippen LogP contribution in [-0.4, -0.2) is 23.5 Å². The topological polar surface area (TPSA) is 61.4 Å². The first kappa shape index (κ1) is 14.8. The van der Waals surface area contributed by atoms with Crippen LogP contribution < -0.4 is 10.5 Å². The summed E-state index contributed by atoms with van der Waals surface area (Å²) < 4.78 is 1.42. The quantitative estimate of drug-likeness (QED) is 0.730. The molecule has 0 fully saturated rings. The zero-order chi connectivity index (χ0) is 16.6. The third-order valence-corrected chi connectivity index (χ3v) is 3.82. The lowest BCUT2D eigenvalue weighted by atomic mass is 10.1. The molecule has 23 heavy (non-hydrogen) atoms. The minimum absolute atomic E-state index is 0.0608. The van der Waals surface area contributed by atoms with Crippen LogP contribution in [-0.2, 0) is 0 Å². The Morgan fingerprint density at radius 2 is 1.87 bits per heavy atom. The van der Waals surface area contributed by atoms with Crippen LogP contribution in [0.25, 0.3) is 16.9 Å². The Morgan fingerprint density at radius 1 is 1.17 bits per heavy atom. The van der Waals surface area contributed by atoms with E-state index in [0.29, 0.717) is 11.3 Å². The number of nitrogens with zero attached hydrogens (tertiary/aromatic N) is 4. The van der Waals surface area contributed by atoms with Crippen molar-refractivity contribution in [2.24, 2.45) is 0 Å². The highest BCUT2D eigenvalue weighted by Gasteiger charge is 2.15. The third kappa shape index (κ3) is 2.44. The first-order valence-electron chi connectivity index (χ1n) is 7.23. The van der Waals surface area contributed by atoms with Crippen molar-refractivity contribution in [1.82, 2.24) is 9.38 Å². The lowest BCUT2D eigenvalue weighted by Gasteiger charge is -2.13. The Bertz CT molecular complexity index is 979. The van der Waals surface area contributed by atoms with E-state index in [1.807, 2.05) is 62.3 Å². The molecule has 3 aromatic rings. The second-order valence-electron chi connectivity index (χ2n) is 5.58. The Labute approximate surface area is 134 Å². The average Bonchev–Trinajstić information content (AvgIpc) is 2.55. The van der Waals surface area contributed by atoms with Crippen molar-refractivity contribution in [2.75, 3.05) is 19.0 Å². The Hall–Kier alpha value is -3.13. The largest absolute Gasteiger partial charge is 0.378 e. The molecule has 0 unspecified atom stereocenters. The SMILES string of the molecule is Cc1cccn2c(=O)c(C#N)c(-c3ccc(N(C)C)cc3)nc12. The van der Waals surface area contributed by atoms with Gasteiger partial charge in [-0.2, -0.15) is 5.26 Å². The number of benzene rings is 1. The molecule has 2 aromatic heterocycles. The number of fused-ring (bicyclic) bond motifs is 1. The van der Waals surface area contributed by atoms with E-state index in [0.717, 1.165) is 16.8 Å². The van der Waals surface area contributed by atoms with Gasteiger partial charge in [-0.05, 0) is 30.7 Å². The third-order valence-electron chi connectivity index (χ3n) is 3.82. The Balaban J connectivity index is 2.30. The number of anilines is 1. The maximum atomic E-state index is 12.6. The fourth-order valence-electron chi connectivity index (χ4n) is 2.53. The van der Waals surface area contributed by atoms with E-state index >= 15 is 0 Å². The van der Waals surface area contributed by atoms with Gasteiger partial charge in [-0.25, -0.2) is 4.98 Å². The number of hydrogen-bond donors (Lipinski definition) is 0. The molecular weight excluding hydrogens is 288 g/mol. The molecule has 114 valence electrons. The predicted molar refractivity (Wildman–Crippen MR) is 90.7 cm³/mol. The van der Waals surface area contributed by atoms with Crippen LogP contribution in [0.2, 0.25) is 0 Å². The molecule has 5 nitrogen and oxygen atoms in total. The molecule has 1 aromatic carbocycles. The molecule has 0 aliphatic carbocycles. The zero-order valence-electron chi connectivity index (χ0n) is 13.2. The standard InChI is InChI=1S/C18H16N4O/c1-12-5-4-10-22-17(12)20-16(15(11-19)18(22)23)13-6-8-14(9-7-13)21(2)3/h4-10H,1-3H3. The second-order valence-corrected chi connectivity index (χ2v) is 5.58. The van der Waals surface area contributed by atoms with Crippen LogP contribution in [0, 0.1) is 18.3 Å². The summed E-state index contributed by atoms with van der Waals surface area (Å²) in [5.41, 5.74) is 3.41. The Morgan fingerprint density at radius 3 is 2.48 bits per heavy atom. The van der Waals surface area contributed by atoms with Crippen molar-refractivity contribution >= 4 is 11.3 Å². The second kappa shape index (κ2) is 5.58. The van der Waals surface area contributed by atoms with Crippen LogP contribution in [0.1, 0.15) is 11.1 Å². The van der Waals surface area contributed by atoms with Gasteiger partial charge in [0.25, 0.3) is 5.56 Å². The molecule has 2 heterocycles. The maximum Gasteiger partial charge on any atom is 0.276 e. The predicted octanol–water partition coefficient (Wildman–Crippen LogP) is 2.61. The maximum absolute atomic E-state index is 12.6. The molecule has 0 saturated carbocycles. The zero-order valence-corrected chi connectivity index (χ0v) is 13.2. The summed E-state index contributed by atoms with van der Waals surface area (Å²) in [6.07, 6.45) is 1.64. The van der Waals surface area contributed by atoms with Crippen LogP contribution >= 0.6 is 0 Å². The monoisotopic (exact) mass is 304 g/mol. The van der Waals surface area contributed by atoms with Crippen molar-refractivity contribution in [3.05, 3.63) is 64.1 Å². The van der Waals surface area contributed by atoms with E-state index in [1.165, 1.54) is 4.40 Å². The molecule has 3 rings (SSSR count). The van der Waals surface area contributed by atoms with Crippen molar-refractivity contribution < 1.29 is 0 Å². The number of aromatic nitrogens is 2. The van der Waals surface area contributed by atoms with Crippen LogP contribution in [0.5, 0.6) is 0 Å². The normalized spacial score (nSPS) is 10.5. The minimum Gasteiger partial charge on any atom is -0.378 e. The van der Waals surface area contributed by atoms with E-state index in [9.17, 15) is 10.1 Å². The number of aryl methyl sites for hydroxylation is 1. The molecular formula is C18H16N4O. The van der Waals surface area contributed by atoms with Crippen LogP contribution in [0.3, 0.4) is 0 Å². The van der Waals surface area contributed by atoms with Gasteiger partial charge in [0.05, 0.1) is 5.69 Å². The molecule has 0 aliphatic heterocycles. The number of nitriles is 1. The minimum atomic E-state index is -0.340. The average molecular weight is 304 g/mol. The van der Waals surface area contributed by atoms with Gasteiger partial charge < -0.3 is 4.90 Å². The molecule has 0 spiro atoms. The highest BCUT2D eigenvalue weighted by Crippen LogP contribution is 2.23. The summed E-state index contributed by atoms with van der Waals surface area (Å²) in [6.45, 7) is 1.90.